The lowest BCUT2D eigenvalue weighted by atomic mass is 9.86. The van der Waals surface area contributed by atoms with Gasteiger partial charge in [0, 0.05) is 47.9 Å². The van der Waals surface area contributed by atoms with Crippen molar-refractivity contribution in [3.05, 3.63) is 56.9 Å². The SMILES string of the molecule is COc1cccc2c1[C@@H]1CN(CCCCn3c(=O)[nH]c4c(sc5ccnc(OC)c54)c3=O)C[C@H]1CO2. The second-order valence-corrected chi connectivity index (χ2v) is 10.5. The van der Waals surface area contributed by atoms with Crippen LogP contribution in [0.1, 0.15) is 24.3 Å². The molecule has 188 valence electrons. The van der Waals surface area contributed by atoms with Gasteiger partial charge in [0.2, 0.25) is 5.88 Å². The Hall–Kier alpha value is -3.37. The first-order valence-electron chi connectivity index (χ1n) is 12.2. The van der Waals surface area contributed by atoms with Crippen molar-refractivity contribution in [3.63, 3.8) is 0 Å². The highest BCUT2D eigenvalue weighted by molar-refractivity contribution is 7.25. The number of fused-ring (bicyclic) bond motifs is 6. The van der Waals surface area contributed by atoms with Gasteiger partial charge in [-0.3, -0.25) is 9.36 Å². The molecule has 1 N–H and O–H groups in total. The van der Waals surface area contributed by atoms with Crippen LogP contribution in [0.25, 0.3) is 20.3 Å². The molecule has 0 radical (unpaired) electrons. The predicted molar refractivity (Wildman–Crippen MR) is 139 cm³/mol. The van der Waals surface area contributed by atoms with E-state index in [1.165, 1.54) is 28.6 Å². The van der Waals surface area contributed by atoms with Crippen LogP contribution in [0, 0.1) is 5.92 Å². The van der Waals surface area contributed by atoms with Crippen molar-refractivity contribution in [2.24, 2.45) is 5.92 Å². The van der Waals surface area contributed by atoms with Gasteiger partial charge in [0.05, 0.1) is 31.7 Å². The number of unbranched alkanes of at least 4 members (excludes halogenated alkanes) is 1. The highest BCUT2D eigenvalue weighted by atomic mass is 32.1. The predicted octanol–water partition coefficient (Wildman–Crippen LogP) is 3.20. The summed E-state index contributed by atoms with van der Waals surface area (Å²) in [5.41, 5.74) is 1.03. The summed E-state index contributed by atoms with van der Waals surface area (Å²) in [6.45, 7) is 3.96. The van der Waals surface area contributed by atoms with Crippen LogP contribution in [0.3, 0.4) is 0 Å². The molecule has 6 rings (SSSR count). The zero-order chi connectivity index (χ0) is 24.8. The average molecular weight is 509 g/mol. The molecule has 0 unspecified atom stereocenters. The highest BCUT2D eigenvalue weighted by Gasteiger charge is 2.40. The average Bonchev–Trinajstić information content (AvgIpc) is 3.49. The first-order valence-corrected chi connectivity index (χ1v) is 13.0. The third-order valence-electron chi connectivity index (χ3n) is 7.37. The summed E-state index contributed by atoms with van der Waals surface area (Å²) in [6.07, 6.45) is 3.28. The second-order valence-electron chi connectivity index (χ2n) is 9.40. The van der Waals surface area contributed by atoms with E-state index in [1.807, 2.05) is 24.3 Å². The Morgan fingerprint density at radius 1 is 1.14 bits per heavy atom. The Labute approximate surface area is 211 Å². The monoisotopic (exact) mass is 508 g/mol. The summed E-state index contributed by atoms with van der Waals surface area (Å²) in [4.78, 5) is 35.5. The standard InChI is InChI=1S/C26H28N4O5S/c1-33-17-6-5-7-18-20(17)16-13-29(12-15(16)14-35-18)10-3-4-11-30-25(31)23-22(28-26(30)32)21-19(36-23)8-9-27-24(21)34-2/h5-9,15-16H,3-4,10-14H2,1-2H3,(H,28,32)/t15-,16+/m0/s1. The number of thiophene rings is 1. The van der Waals surface area contributed by atoms with Crippen molar-refractivity contribution in [3.8, 4) is 17.4 Å². The Morgan fingerprint density at radius 3 is 2.83 bits per heavy atom. The van der Waals surface area contributed by atoms with Gasteiger partial charge in [0.25, 0.3) is 5.56 Å². The van der Waals surface area contributed by atoms with E-state index in [0.29, 0.717) is 39.9 Å². The van der Waals surface area contributed by atoms with Crippen molar-refractivity contribution in [1.29, 1.82) is 0 Å². The van der Waals surface area contributed by atoms with Gasteiger partial charge in [-0.2, -0.15) is 0 Å². The third-order valence-corrected chi connectivity index (χ3v) is 8.51. The van der Waals surface area contributed by atoms with Crippen LogP contribution in [0.2, 0.25) is 0 Å². The van der Waals surface area contributed by atoms with Crippen molar-refractivity contribution in [2.45, 2.75) is 25.3 Å². The largest absolute Gasteiger partial charge is 0.496 e. The molecule has 0 bridgehead atoms. The van der Waals surface area contributed by atoms with E-state index in [9.17, 15) is 9.59 Å². The topological polar surface area (TPSA) is 98.7 Å². The number of H-pyrrole nitrogens is 1. The minimum atomic E-state index is -0.397. The summed E-state index contributed by atoms with van der Waals surface area (Å²) in [5.74, 6) is 3.08. The molecule has 10 heteroatoms. The first kappa shape index (κ1) is 23.1. The summed E-state index contributed by atoms with van der Waals surface area (Å²) in [6, 6.07) is 7.82. The van der Waals surface area contributed by atoms with Gasteiger partial charge < -0.3 is 24.1 Å². The number of nitrogens with zero attached hydrogens (tertiary/aromatic N) is 3. The van der Waals surface area contributed by atoms with Crippen molar-refractivity contribution < 1.29 is 14.2 Å². The van der Waals surface area contributed by atoms with Crippen LogP contribution < -0.4 is 25.5 Å². The number of aromatic amines is 1. The normalized spacial score (nSPS) is 19.3. The molecule has 1 saturated heterocycles. The van der Waals surface area contributed by atoms with Gasteiger partial charge in [0.1, 0.15) is 16.2 Å². The van der Waals surface area contributed by atoms with Crippen molar-refractivity contribution >= 4 is 31.6 Å². The minimum absolute atomic E-state index is 0.259. The van der Waals surface area contributed by atoms with Gasteiger partial charge in [-0.05, 0) is 37.6 Å². The molecule has 1 fully saturated rings. The fourth-order valence-electron chi connectivity index (χ4n) is 5.67. The lowest BCUT2D eigenvalue weighted by Crippen LogP contribution is -2.34. The zero-order valence-corrected chi connectivity index (χ0v) is 21.1. The Morgan fingerprint density at radius 2 is 2.00 bits per heavy atom. The molecule has 2 aliphatic heterocycles. The van der Waals surface area contributed by atoms with Gasteiger partial charge >= 0.3 is 5.69 Å². The van der Waals surface area contributed by atoms with Crippen molar-refractivity contribution in [2.75, 3.05) is 40.5 Å². The van der Waals surface area contributed by atoms with E-state index in [-0.39, 0.29) is 5.56 Å². The number of pyridine rings is 1. The summed E-state index contributed by atoms with van der Waals surface area (Å²) in [7, 11) is 3.24. The molecule has 9 nitrogen and oxygen atoms in total. The fourth-order valence-corrected chi connectivity index (χ4v) is 6.76. The smallest absolute Gasteiger partial charge is 0.328 e. The van der Waals surface area contributed by atoms with Gasteiger partial charge in [-0.1, -0.05) is 6.07 Å². The van der Waals surface area contributed by atoms with Gasteiger partial charge in [-0.15, -0.1) is 11.3 Å². The van der Waals surface area contributed by atoms with Crippen LogP contribution in [0.5, 0.6) is 17.4 Å². The molecular formula is C26H28N4O5S. The third kappa shape index (κ3) is 3.75. The maximum absolute atomic E-state index is 13.2. The Kier molecular flexibility index (Phi) is 5.93. The summed E-state index contributed by atoms with van der Waals surface area (Å²) in [5, 5.41) is 0.680. The lowest BCUT2D eigenvalue weighted by molar-refractivity contribution is 0.209. The molecule has 1 aromatic carbocycles. The molecule has 4 aromatic rings. The van der Waals surface area contributed by atoms with E-state index in [0.717, 1.165) is 55.3 Å². The first-order chi connectivity index (χ1) is 17.6. The molecule has 3 aromatic heterocycles. The van der Waals surface area contributed by atoms with E-state index in [4.69, 9.17) is 14.2 Å². The maximum atomic E-state index is 13.2. The molecule has 36 heavy (non-hydrogen) atoms. The lowest BCUT2D eigenvalue weighted by Gasteiger charge is -2.29. The number of aromatic nitrogens is 3. The van der Waals surface area contributed by atoms with Gasteiger partial charge in [0.15, 0.2) is 0 Å². The quantitative estimate of drug-likeness (QED) is 0.383. The Bertz CT molecular complexity index is 1540. The molecule has 0 saturated carbocycles. The van der Waals surface area contributed by atoms with E-state index in [2.05, 4.69) is 14.9 Å². The van der Waals surface area contributed by atoms with Crippen molar-refractivity contribution in [1.82, 2.24) is 19.4 Å². The number of hydrogen-bond acceptors (Lipinski definition) is 8. The number of ether oxygens (including phenoxy) is 3. The van der Waals surface area contributed by atoms with Crippen LogP contribution in [-0.4, -0.2) is 59.9 Å². The fraction of sp³-hybridized carbons (Fsp3) is 0.423. The number of benzene rings is 1. The molecule has 2 atom stereocenters. The number of rotatable bonds is 7. The number of nitrogens with one attached hydrogen (secondary N) is 1. The molecule has 0 spiro atoms. The van der Waals surface area contributed by atoms with Gasteiger partial charge in [-0.25, -0.2) is 9.78 Å². The van der Waals surface area contributed by atoms with E-state index >= 15 is 0 Å². The Balaban J connectivity index is 1.14. The summed E-state index contributed by atoms with van der Waals surface area (Å²) >= 11 is 1.36. The number of hydrogen-bond donors (Lipinski definition) is 1. The number of likely N-dealkylation sites (tertiary alicyclic amines) is 1. The minimum Gasteiger partial charge on any atom is -0.496 e. The van der Waals surface area contributed by atoms with Crippen LogP contribution in [0.15, 0.2) is 40.1 Å². The molecule has 0 amide bonds. The molecular weight excluding hydrogens is 480 g/mol. The van der Waals surface area contributed by atoms with Crippen LogP contribution >= 0.6 is 11.3 Å². The molecule has 5 heterocycles. The van der Waals surface area contributed by atoms with E-state index in [1.54, 1.807) is 13.3 Å². The summed E-state index contributed by atoms with van der Waals surface area (Å²) < 4.78 is 19.7. The van der Waals surface area contributed by atoms with Crippen LogP contribution in [-0.2, 0) is 6.54 Å². The zero-order valence-electron chi connectivity index (χ0n) is 20.3. The second kappa shape index (κ2) is 9.25. The molecule has 2 aliphatic rings. The maximum Gasteiger partial charge on any atom is 0.328 e. The highest BCUT2D eigenvalue weighted by Crippen LogP contribution is 2.46. The van der Waals surface area contributed by atoms with E-state index < -0.39 is 5.69 Å². The molecule has 0 aliphatic carbocycles. The van der Waals surface area contributed by atoms with Crippen LogP contribution in [0.4, 0.5) is 0 Å². The number of methoxy groups -OCH3 is 2.